The standard InChI is InChI=1S/C24H21N7O4/c1-13-9-16(11-18(26-13)22(32)34-3)19-20(15-7-5-4-6-8-15)27-23(25)31-21(19)28-30(24(31)33)12-17-10-14(2)35-29-17/h4-11H,12H2,1-3H3,(H2,25,27). The van der Waals surface area contributed by atoms with Crippen LogP contribution in [0.3, 0.4) is 0 Å². The van der Waals surface area contributed by atoms with Crippen molar-refractivity contribution in [1.82, 2.24) is 29.3 Å². The first-order chi connectivity index (χ1) is 16.9. The number of carbonyl (C=O) groups excluding carboxylic acids is 1. The number of anilines is 1. The quantitative estimate of drug-likeness (QED) is 0.383. The highest BCUT2D eigenvalue weighted by Crippen LogP contribution is 2.35. The molecule has 35 heavy (non-hydrogen) atoms. The van der Waals surface area contributed by atoms with E-state index in [2.05, 4.69) is 20.2 Å². The Labute approximate surface area is 198 Å². The van der Waals surface area contributed by atoms with Crippen LogP contribution in [-0.2, 0) is 11.3 Å². The smallest absolute Gasteiger partial charge is 0.356 e. The minimum Gasteiger partial charge on any atom is -0.464 e. The second-order valence-electron chi connectivity index (χ2n) is 7.96. The summed E-state index contributed by atoms with van der Waals surface area (Å²) < 4.78 is 12.5. The van der Waals surface area contributed by atoms with Crippen molar-refractivity contribution in [3.05, 3.63) is 81.9 Å². The highest BCUT2D eigenvalue weighted by atomic mass is 16.5. The van der Waals surface area contributed by atoms with Gasteiger partial charge < -0.3 is 15.0 Å². The van der Waals surface area contributed by atoms with Crippen LogP contribution < -0.4 is 11.4 Å². The average Bonchev–Trinajstić information content (AvgIpc) is 3.41. The minimum atomic E-state index is -0.583. The minimum absolute atomic E-state index is 0.0193. The van der Waals surface area contributed by atoms with Gasteiger partial charge >= 0.3 is 11.7 Å². The lowest BCUT2D eigenvalue weighted by Gasteiger charge is -2.13. The summed E-state index contributed by atoms with van der Waals surface area (Å²) in [6, 6.07) is 14.5. The van der Waals surface area contributed by atoms with Gasteiger partial charge in [-0.2, -0.15) is 0 Å². The molecule has 0 spiro atoms. The largest absolute Gasteiger partial charge is 0.464 e. The van der Waals surface area contributed by atoms with Crippen molar-refractivity contribution in [2.45, 2.75) is 20.4 Å². The Balaban J connectivity index is 1.83. The molecule has 5 aromatic rings. The van der Waals surface area contributed by atoms with Gasteiger partial charge in [-0.15, -0.1) is 5.10 Å². The molecule has 0 aliphatic rings. The number of aryl methyl sites for hydroxylation is 2. The zero-order chi connectivity index (χ0) is 24.7. The summed E-state index contributed by atoms with van der Waals surface area (Å²) in [5.41, 5.74) is 9.68. The Hall–Kier alpha value is -4.80. The molecule has 0 bridgehead atoms. The summed E-state index contributed by atoms with van der Waals surface area (Å²) in [6.45, 7) is 3.61. The third-order valence-electron chi connectivity index (χ3n) is 5.43. The van der Waals surface area contributed by atoms with Crippen LogP contribution in [0.15, 0.2) is 57.8 Å². The number of hydrogen-bond acceptors (Lipinski definition) is 9. The van der Waals surface area contributed by atoms with E-state index in [1.54, 1.807) is 32.0 Å². The number of pyridine rings is 1. The summed E-state index contributed by atoms with van der Waals surface area (Å²) in [6.07, 6.45) is 0. The molecule has 0 atom stereocenters. The lowest BCUT2D eigenvalue weighted by molar-refractivity contribution is 0.0594. The van der Waals surface area contributed by atoms with E-state index in [4.69, 9.17) is 15.0 Å². The van der Waals surface area contributed by atoms with Crippen molar-refractivity contribution in [3.8, 4) is 22.4 Å². The van der Waals surface area contributed by atoms with E-state index in [9.17, 15) is 9.59 Å². The molecule has 0 amide bonds. The van der Waals surface area contributed by atoms with Crippen LogP contribution in [0.25, 0.3) is 28.0 Å². The molecule has 0 aliphatic carbocycles. The van der Waals surface area contributed by atoms with Crippen LogP contribution in [0, 0.1) is 13.8 Å². The highest BCUT2D eigenvalue weighted by molar-refractivity contribution is 5.94. The lowest BCUT2D eigenvalue weighted by atomic mass is 9.99. The molecule has 0 saturated heterocycles. The summed E-state index contributed by atoms with van der Waals surface area (Å²) in [7, 11) is 1.29. The van der Waals surface area contributed by atoms with Crippen molar-refractivity contribution >= 4 is 17.6 Å². The maximum Gasteiger partial charge on any atom is 0.356 e. The van der Waals surface area contributed by atoms with Gasteiger partial charge in [-0.05, 0) is 31.5 Å². The molecular weight excluding hydrogens is 450 g/mol. The normalized spacial score (nSPS) is 11.2. The Morgan fingerprint density at radius 1 is 1.09 bits per heavy atom. The Morgan fingerprint density at radius 3 is 2.54 bits per heavy atom. The number of carbonyl (C=O) groups is 1. The topological polar surface area (TPSA) is 143 Å². The number of ether oxygens (including phenoxy) is 1. The van der Waals surface area contributed by atoms with Gasteiger partial charge in [-0.3, -0.25) is 0 Å². The number of fused-ring (bicyclic) bond motifs is 1. The molecule has 4 heterocycles. The van der Waals surface area contributed by atoms with Crippen LogP contribution in [0.5, 0.6) is 0 Å². The Morgan fingerprint density at radius 2 is 1.86 bits per heavy atom. The third kappa shape index (κ3) is 3.92. The van der Waals surface area contributed by atoms with Crippen LogP contribution in [-0.4, -0.2) is 42.4 Å². The second kappa shape index (κ2) is 8.52. The van der Waals surface area contributed by atoms with Crippen LogP contribution >= 0.6 is 0 Å². The number of esters is 1. The van der Waals surface area contributed by atoms with E-state index >= 15 is 0 Å². The maximum atomic E-state index is 13.3. The number of benzene rings is 1. The molecule has 176 valence electrons. The number of hydrogen-bond donors (Lipinski definition) is 1. The summed E-state index contributed by atoms with van der Waals surface area (Å²) >= 11 is 0. The van der Waals surface area contributed by atoms with Gasteiger partial charge in [0.15, 0.2) is 5.65 Å². The van der Waals surface area contributed by atoms with Gasteiger partial charge in [0.2, 0.25) is 5.95 Å². The van der Waals surface area contributed by atoms with Crippen LogP contribution in [0.2, 0.25) is 0 Å². The lowest BCUT2D eigenvalue weighted by Crippen LogP contribution is -2.23. The fourth-order valence-corrected chi connectivity index (χ4v) is 3.94. The molecule has 0 unspecified atom stereocenters. The number of nitrogens with two attached hydrogens (primary N) is 1. The number of nitrogens with zero attached hydrogens (tertiary/aromatic N) is 6. The molecule has 0 saturated carbocycles. The zero-order valence-electron chi connectivity index (χ0n) is 19.2. The molecule has 11 nitrogen and oxygen atoms in total. The molecule has 0 radical (unpaired) electrons. The highest BCUT2D eigenvalue weighted by Gasteiger charge is 2.23. The molecular formula is C24H21N7O4. The molecule has 1 aromatic carbocycles. The number of methoxy groups -OCH3 is 1. The van der Waals surface area contributed by atoms with Gasteiger partial charge in [-0.1, -0.05) is 35.5 Å². The maximum absolute atomic E-state index is 13.3. The fraction of sp³-hybridized carbons (Fsp3) is 0.167. The van der Waals surface area contributed by atoms with E-state index in [0.29, 0.717) is 34.0 Å². The van der Waals surface area contributed by atoms with Gasteiger partial charge in [0, 0.05) is 17.3 Å². The van der Waals surface area contributed by atoms with Crippen LogP contribution in [0.1, 0.15) is 27.6 Å². The average molecular weight is 471 g/mol. The SMILES string of the molecule is COC(=O)c1cc(-c2c(-c3ccccc3)nc(N)n3c(=O)n(Cc4cc(C)on4)nc23)cc(C)n1. The molecule has 0 aliphatic heterocycles. The van der Waals surface area contributed by atoms with E-state index in [0.717, 1.165) is 5.56 Å². The Bertz CT molecular complexity index is 1630. The fourth-order valence-electron chi connectivity index (χ4n) is 3.94. The van der Waals surface area contributed by atoms with E-state index < -0.39 is 11.7 Å². The first-order valence-electron chi connectivity index (χ1n) is 10.7. The van der Waals surface area contributed by atoms with Gasteiger partial charge in [0.1, 0.15) is 17.1 Å². The third-order valence-corrected chi connectivity index (χ3v) is 5.43. The molecule has 4 aromatic heterocycles. The van der Waals surface area contributed by atoms with Crippen LogP contribution in [0.4, 0.5) is 5.95 Å². The summed E-state index contributed by atoms with van der Waals surface area (Å²) in [5.74, 6) is 0.0155. The number of nitrogen functional groups attached to an aromatic ring is 1. The predicted molar refractivity (Wildman–Crippen MR) is 127 cm³/mol. The molecule has 11 heteroatoms. The number of aromatic nitrogens is 6. The number of rotatable bonds is 5. The van der Waals surface area contributed by atoms with E-state index in [1.165, 1.54) is 16.2 Å². The van der Waals surface area contributed by atoms with Crippen molar-refractivity contribution in [1.29, 1.82) is 0 Å². The monoisotopic (exact) mass is 471 g/mol. The summed E-state index contributed by atoms with van der Waals surface area (Å²) in [4.78, 5) is 34.4. The van der Waals surface area contributed by atoms with E-state index in [-0.39, 0.29) is 23.8 Å². The zero-order valence-corrected chi connectivity index (χ0v) is 19.2. The first kappa shape index (κ1) is 22.0. The van der Waals surface area contributed by atoms with Gasteiger partial charge in [0.05, 0.1) is 24.9 Å². The van der Waals surface area contributed by atoms with Gasteiger partial charge in [0.25, 0.3) is 0 Å². The molecule has 2 N–H and O–H groups in total. The van der Waals surface area contributed by atoms with Crippen molar-refractivity contribution < 1.29 is 14.1 Å². The molecule has 5 rings (SSSR count). The van der Waals surface area contributed by atoms with Crippen molar-refractivity contribution in [2.24, 2.45) is 0 Å². The van der Waals surface area contributed by atoms with Crippen molar-refractivity contribution in [3.63, 3.8) is 0 Å². The predicted octanol–water partition coefficient (Wildman–Crippen LogP) is 2.64. The first-order valence-corrected chi connectivity index (χ1v) is 10.7. The second-order valence-corrected chi connectivity index (χ2v) is 7.96. The van der Waals surface area contributed by atoms with Gasteiger partial charge in [-0.25, -0.2) is 28.6 Å². The van der Waals surface area contributed by atoms with E-state index in [1.807, 2.05) is 30.3 Å². The molecule has 0 fully saturated rings. The summed E-state index contributed by atoms with van der Waals surface area (Å²) in [5, 5.41) is 8.55. The van der Waals surface area contributed by atoms with Crippen molar-refractivity contribution in [2.75, 3.05) is 12.8 Å². The Kier molecular flexibility index (Phi) is 5.36.